The number of nitrogens with zero attached hydrogens (tertiary/aromatic N) is 3. The molecule has 13 aromatic rings. The molecule has 0 N–H and O–H groups in total. The second-order valence-corrected chi connectivity index (χ2v) is 15.6. The van der Waals surface area contributed by atoms with Crippen LogP contribution in [0, 0.1) is 0 Å². The number of para-hydroxylation sites is 2. The van der Waals surface area contributed by atoms with Crippen LogP contribution in [0.15, 0.2) is 214 Å². The van der Waals surface area contributed by atoms with Crippen LogP contribution in [0.4, 0.5) is 34.1 Å². The number of rotatable bonds is 6. The summed E-state index contributed by atoms with van der Waals surface area (Å²) in [7, 11) is 0. The van der Waals surface area contributed by atoms with Gasteiger partial charge in [0.2, 0.25) is 0 Å². The first-order valence-electron chi connectivity index (χ1n) is 20.4. The molecule has 0 unspecified atom stereocenters. The zero-order valence-electron chi connectivity index (χ0n) is 32.6. The summed E-state index contributed by atoms with van der Waals surface area (Å²) in [4.78, 5) is 9.58. The summed E-state index contributed by atoms with van der Waals surface area (Å²) in [6.45, 7) is 0. The van der Waals surface area contributed by atoms with Gasteiger partial charge in [-0.05, 0) is 94.3 Å². The molecule has 0 saturated heterocycles. The first kappa shape index (κ1) is 33.6. The minimum atomic E-state index is 0.696. The predicted octanol–water partition coefficient (Wildman–Crippen LogP) is 16.0. The molecule has 0 radical (unpaired) electrons. The Kier molecular flexibility index (Phi) is 7.21. The van der Waals surface area contributed by atoms with Gasteiger partial charge in [-0.15, -0.1) is 0 Å². The van der Waals surface area contributed by atoms with Crippen molar-refractivity contribution in [3.8, 4) is 0 Å². The van der Waals surface area contributed by atoms with E-state index in [0.717, 1.165) is 105 Å². The smallest absolute Gasteiger partial charge is 0.155 e. The highest BCUT2D eigenvalue weighted by atomic mass is 16.3. The van der Waals surface area contributed by atoms with E-state index in [-0.39, 0.29) is 0 Å². The second-order valence-electron chi connectivity index (χ2n) is 15.6. The van der Waals surface area contributed by atoms with E-state index in [1.807, 2.05) is 36.5 Å². The van der Waals surface area contributed by atoms with Gasteiger partial charge in [-0.3, -0.25) is 0 Å². The molecule has 4 aromatic heterocycles. The minimum absolute atomic E-state index is 0.696. The topological polar surface area (TPSA) is 58.8 Å². The third kappa shape index (κ3) is 5.39. The molecule has 0 bridgehead atoms. The number of hydrogen-bond donors (Lipinski definition) is 0. The number of aromatic nitrogens is 1. The van der Waals surface area contributed by atoms with Gasteiger partial charge in [0.1, 0.15) is 33.4 Å². The first-order chi connectivity index (χ1) is 30.2. The third-order valence-corrected chi connectivity index (χ3v) is 12.0. The van der Waals surface area contributed by atoms with E-state index in [2.05, 4.69) is 174 Å². The van der Waals surface area contributed by atoms with Crippen molar-refractivity contribution in [1.82, 2.24) is 4.98 Å². The van der Waals surface area contributed by atoms with Crippen LogP contribution < -0.4 is 9.80 Å². The molecule has 4 heterocycles. The largest absolute Gasteiger partial charge is 0.456 e. The van der Waals surface area contributed by atoms with Gasteiger partial charge >= 0.3 is 0 Å². The molecule has 6 nitrogen and oxygen atoms in total. The summed E-state index contributed by atoms with van der Waals surface area (Å²) >= 11 is 0. The van der Waals surface area contributed by atoms with Gasteiger partial charge in [0.25, 0.3) is 0 Å². The van der Waals surface area contributed by atoms with Gasteiger partial charge in [0, 0.05) is 79.6 Å². The normalized spacial score (nSPS) is 11.9. The van der Waals surface area contributed by atoms with Crippen LogP contribution in [0.2, 0.25) is 0 Å². The van der Waals surface area contributed by atoms with Gasteiger partial charge < -0.3 is 23.1 Å². The summed E-state index contributed by atoms with van der Waals surface area (Å²) in [5, 5.41) is 9.98. The molecule has 286 valence electrons. The molecular formula is C55H33N3O3. The fraction of sp³-hybridized carbons (Fsp3) is 0. The molecule has 13 rings (SSSR count). The number of furan rings is 3. The molecular weight excluding hydrogens is 751 g/mol. The molecule has 6 heteroatoms. The van der Waals surface area contributed by atoms with Gasteiger partial charge in [-0.25, -0.2) is 4.98 Å². The number of benzene rings is 9. The van der Waals surface area contributed by atoms with E-state index < -0.39 is 0 Å². The Morgan fingerprint density at radius 2 is 0.656 bits per heavy atom. The standard InChI is InChI=1S/C55H33N3O3/c1-3-11-36-27-38(19-17-34(36)9-1)57(40-21-24-46-44-13-5-7-15-49(44)59-51(46)29-40)41-23-26-48-53(31-41)61-54-32-43(33-56-55(48)54)58(39-20-18-35-10-2-4-12-37(35)28-39)42-22-25-47-45-14-6-8-16-50(45)60-52(47)30-42/h1-33H. The average Bonchev–Trinajstić information content (AvgIpc) is 3.99. The lowest BCUT2D eigenvalue weighted by Crippen LogP contribution is -2.10. The number of pyridine rings is 1. The minimum Gasteiger partial charge on any atom is -0.456 e. The van der Waals surface area contributed by atoms with Crippen molar-refractivity contribution < 1.29 is 13.3 Å². The summed E-state index contributed by atoms with van der Waals surface area (Å²) in [5.41, 5.74) is 11.4. The van der Waals surface area contributed by atoms with E-state index in [1.165, 1.54) is 10.8 Å². The van der Waals surface area contributed by atoms with Crippen molar-refractivity contribution in [2.24, 2.45) is 0 Å². The Labute approximate surface area is 348 Å². The van der Waals surface area contributed by atoms with Crippen LogP contribution in [0.5, 0.6) is 0 Å². The number of fused-ring (bicyclic) bond motifs is 11. The van der Waals surface area contributed by atoms with Crippen molar-refractivity contribution in [3.63, 3.8) is 0 Å². The molecule has 0 aliphatic heterocycles. The van der Waals surface area contributed by atoms with Crippen molar-refractivity contribution >= 4 is 122 Å². The van der Waals surface area contributed by atoms with E-state index >= 15 is 0 Å². The second kappa shape index (κ2) is 13.1. The van der Waals surface area contributed by atoms with Crippen molar-refractivity contribution in [2.45, 2.75) is 0 Å². The molecule has 0 saturated carbocycles. The van der Waals surface area contributed by atoms with Gasteiger partial charge in [0.15, 0.2) is 5.58 Å². The molecule has 0 amide bonds. The Morgan fingerprint density at radius 3 is 1.21 bits per heavy atom. The molecule has 61 heavy (non-hydrogen) atoms. The van der Waals surface area contributed by atoms with Crippen molar-refractivity contribution in [1.29, 1.82) is 0 Å². The highest BCUT2D eigenvalue weighted by Crippen LogP contribution is 2.44. The SMILES string of the molecule is c1ccc2cc(N(c3ccc4c(c3)oc3ccccc34)c3ccc4c(c3)oc3cc(N(c5ccc6ccccc6c5)c5ccc6c(c5)oc5ccccc56)cnc34)ccc2c1. The summed E-state index contributed by atoms with van der Waals surface area (Å²) < 4.78 is 19.5. The van der Waals surface area contributed by atoms with E-state index in [4.69, 9.17) is 18.2 Å². The van der Waals surface area contributed by atoms with Crippen LogP contribution in [-0.2, 0) is 0 Å². The fourth-order valence-corrected chi connectivity index (χ4v) is 9.12. The lowest BCUT2D eigenvalue weighted by Gasteiger charge is -2.25. The lowest BCUT2D eigenvalue weighted by atomic mass is 10.1. The summed E-state index contributed by atoms with van der Waals surface area (Å²) in [6, 6.07) is 67.7. The zero-order valence-corrected chi connectivity index (χ0v) is 32.6. The molecule has 0 atom stereocenters. The average molecular weight is 784 g/mol. The lowest BCUT2D eigenvalue weighted by molar-refractivity contribution is 0.668. The van der Waals surface area contributed by atoms with Crippen LogP contribution >= 0.6 is 0 Å². The molecule has 9 aromatic carbocycles. The van der Waals surface area contributed by atoms with Crippen LogP contribution in [-0.4, -0.2) is 4.98 Å². The summed E-state index contributed by atoms with van der Waals surface area (Å²) in [5.74, 6) is 0. The van der Waals surface area contributed by atoms with E-state index in [9.17, 15) is 0 Å². The number of hydrogen-bond acceptors (Lipinski definition) is 6. The Hall–Kier alpha value is -8.35. The van der Waals surface area contributed by atoms with Crippen molar-refractivity contribution in [3.05, 3.63) is 200 Å². The maximum Gasteiger partial charge on any atom is 0.155 e. The fourth-order valence-electron chi connectivity index (χ4n) is 9.12. The Balaban J connectivity index is 0.961. The van der Waals surface area contributed by atoms with Crippen LogP contribution in [0.1, 0.15) is 0 Å². The van der Waals surface area contributed by atoms with Crippen LogP contribution in [0.3, 0.4) is 0 Å². The zero-order chi connectivity index (χ0) is 40.0. The van der Waals surface area contributed by atoms with Gasteiger partial charge in [-0.1, -0.05) is 97.1 Å². The molecule has 0 aliphatic carbocycles. The summed E-state index contributed by atoms with van der Waals surface area (Å²) in [6.07, 6.45) is 1.94. The maximum absolute atomic E-state index is 6.79. The molecule has 0 fully saturated rings. The van der Waals surface area contributed by atoms with Gasteiger partial charge in [0.05, 0.1) is 11.9 Å². The maximum atomic E-state index is 6.79. The predicted molar refractivity (Wildman–Crippen MR) is 250 cm³/mol. The highest BCUT2D eigenvalue weighted by molar-refractivity contribution is 6.09. The Morgan fingerprint density at radius 1 is 0.279 bits per heavy atom. The van der Waals surface area contributed by atoms with Gasteiger partial charge in [-0.2, -0.15) is 0 Å². The van der Waals surface area contributed by atoms with E-state index in [0.29, 0.717) is 5.58 Å². The first-order valence-corrected chi connectivity index (χ1v) is 20.4. The quantitative estimate of drug-likeness (QED) is 0.167. The van der Waals surface area contributed by atoms with Crippen LogP contribution in [0.25, 0.3) is 87.5 Å². The molecule has 0 aliphatic rings. The molecule has 0 spiro atoms. The highest BCUT2D eigenvalue weighted by Gasteiger charge is 2.21. The Bertz CT molecular complexity index is 3620. The third-order valence-electron chi connectivity index (χ3n) is 12.0. The number of anilines is 6. The van der Waals surface area contributed by atoms with E-state index in [1.54, 1.807) is 0 Å². The van der Waals surface area contributed by atoms with Crippen molar-refractivity contribution in [2.75, 3.05) is 9.80 Å². The monoisotopic (exact) mass is 783 g/mol.